The molecule has 2 N–H and O–H groups in total. The SMILES string of the molecule is Cn1ncnc1NC(=O)c1ccccc1C#CCCO. The Hall–Kier alpha value is -2.65. The van der Waals surface area contributed by atoms with Gasteiger partial charge in [0.1, 0.15) is 6.33 Å². The summed E-state index contributed by atoms with van der Waals surface area (Å²) in [6.07, 6.45) is 1.74. The number of aliphatic hydroxyl groups excluding tert-OH is 1. The van der Waals surface area contributed by atoms with Gasteiger partial charge in [0.05, 0.1) is 12.2 Å². The van der Waals surface area contributed by atoms with E-state index in [0.29, 0.717) is 23.5 Å². The number of aryl methyl sites for hydroxylation is 1. The van der Waals surface area contributed by atoms with Crippen LogP contribution in [0.15, 0.2) is 30.6 Å². The summed E-state index contributed by atoms with van der Waals surface area (Å²) < 4.78 is 1.47. The molecule has 2 aromatic rings. The van der Waals surface area contributed by atoms with E-state index in [9.17, 15) is 4.79 Å². The van der Waals surface area contributed by atoms with Crippen molar-refractivity contribution >= 4 is 11.9 Å². The summed E-state index contributed by atoms with van der Waals surface area (Å²) in [4.78, 5) is 16.1. The molecule has 1 heterocycles. The van der Waals surface area contributed by atoms with E-state index in [1.54, 1.807) is 25.2 Å². The van der Waals surface area contributed by atoms with Crippen LogP contribution >= 0.6 is 0 Å². The lowest BCUT2D eigenvalue weighted by atomic mass is 10.1. The number of hydrogen-bond donors (Lipinski definition) is 2. The second-order valence-corrected chi connectivity index (χ2v) is 3.98. The van der Waals surface area contributed by atoms with E-state index >= 15 is 0 Å². The second-order valence-electron chi connectivity index (χ2n) is 3.98. The minimum absolute atomic E-state index is 0.000300. The number of aromatic nitrogens is 3. The van der Waals surface area contributed by atoms with Crippen molar-refractivity contribution in [1.29, 1.82) is 0 Å². The number of nitrogens with zero attached hydrogens (tertiary/aromatic N) is 3. The number of nitrogens with one attached hydrogen (secondary N) is 1. The highest BCUT2D eigenvalue weighted by Gasteiger charge is 2.12. The molecule has 6 heteroatoms. The van der Waals surface area contributed by atoms with E-state index in [-0.39, 0.29) is 12.5 Å². The Morgan fingerprint density at radius 1 is 1.45 bits per heavy atom. The van der Waals surface area contributed by atoms with Gasteiger partial charge in [-0.1, -0.05) is 24.0 Å². The predicted molar refractivity (Wildman–Crippen MR) is 74.0 cm³/mol. The van der Waals surface area contributed by atoms with Crippen LogP contribution in [0.3, 0.4) is 0 Å². The van der Waals surface area contributed by atoms with Crippen LogP contribution in [0, 0.1) is 11.8 Å². The van der Waals surface area contributed by atoms with Crippen LogP contribution in [0.4, 0.5) is 5.95 Å². The van der Waals surface area contributed by atoms with Gasteiger partial charge in [-0.3, -0.25) is 10.1 Å². The Morgan fingerprint density at radius 3 is 2.95 bits per heavy atom. The van der Waals surface area contributed by atoms with Crippen LogP contribution in [-0.2, 0) is 7.05 Å². The lowest BCUT2D eigenvalue weighted by molar-refractivity contribution is 0.102. The first-order valence-electron chi connectivity index (χ1n) is 6.06. The zero-order chi connectivity index (χ0) is 14.4. The van der Waals surface area contributed by atoms with E-state index in [2.05, 4.69) is 27.2 Å². The minimum atomic E-state index is -0.296. The summed E-state index contributed by atoms with van der Waals surface area (Å²) >= 11 is 0. The molecule has 0 atom stereocenters. The van der Waals surface area contributed by atoms with Crippen molar-refractivity contribution < 1.29 is 9.90 Å². The van der Waals surface area contributed by atoms with Crippen molar-refractivity contribution in [2.75, 3.05) is 11.9 Å². The highest BCUT2D eigenvalue weighted by Crippen LogP contribution is 2.10. The van der Waals surface area contributed by atoms with E-state index in [1.807, 2.05) is 6.07 Å². The molecule has 0 saturated heterocycles. The smallest absolute Gasteiger partial charge is 0.259 e. The fourth-order valence-electron chi connectivity index (χ4n) is 1.58. The maximum absolute atomic E-state index is 12.2. The molecule has 0 fully saturated rings. The Balaban J connectivity index is 2.22. The molecule has 1 aromatic carbocycles. The monoisotopic (exact) mass is 270 g/mol. The molecule has 6 nitrogen and oxygen atoms in total. The van der Waals surface area contributed by atoms with Crippen molar-refractivity contribution in [3.63, 3.8) is 0 Å². The molecular weight excluding hydrogens is 256 g/mol. The number of benzene rings is 1. The summed E-state index contributed by atoms with van der Waals surface area (Å²) in [6.45, 7) is 0.000300. The van der Waals surface area contributed by atoms with E-state index < -0.39 is 0 Å². The third kappa shape index (κ3) is 3.22. The summed E-state index contributed by atoms with van der Waals surface area (Å²) in [6, 6.07) is 7.02. The highest BCUT2D eigenvalue weighted by molar-refractivity contribution is 6.05. The van der Waals surface area contributed by atoms with Crippen LogP contribution in [0.1, 0.15) is 22.3 Å². The van der Waals surface area contributed by atoms with E-state index in [1.165, 1.54) is 11.0 Å². The third-order valence-electron chi connectivity index (χ3n) is 2.57. The molecule has 0 aliphatic rings. The number of hydrogen-bond acceptors (Lipinski definition) is 4. The maximum Gasteiger partial charge on any atom is 0.259 e. The summed E-state index contributed by atoms with van der Waals surface area (Å²) in [7, 11) is 1.69. The molecule has 0 unspecified atom stereocenters. The molecule has 0 bridgehead atoms. The molecule has 102 valence electrons. The number of rotatable bonds is 3. The highest BCUT2D eigenvalue weighted by atomic mass is 16.2. The lowest BCUT2D eigenvalue weighted by Gasteiger charge is -2.05. The summed E-state index contributed by atoms with van der Waals surface area (Å²) in [5.74, 6) is 5.75. The number of anilines is 1. The largest absolute Gasteiger partial charge is 0.395 e. The molecule has 1 amide bonds. The average Bonchev–Trinajstić information content (AvgIpc) is 2.85. The van der Waals surface area contributed by atoms with Gasteiger partial charge in [-0.05, 0) is 12.1 Å². The Labute approximate surface area is 116 Å². The first-order chi connectivity index (χ1) is 9.72. The number of carbonyl (C=O) groups excluding carboxylic acids is 1. The van der Waals surface area contributed by atoms with Gasteiger partial charge in [-0.2, -0.15) is 10.1 Å². The van der Waals surface area contributed by atoms with Crippen LogP contribution in [-0.4, -0.2) is 32.4 Å². The van der Waals surface area contributed by atoms with Gasteiger partial charge in [0.15, 0.2) is 0 Å². The van der Waals surface area contributed by atoms with Gasteiger partial charge in [0.25, 0.3) is 5.91 Å². The molecule has 0 saturated carbocycles. The molecular formula is C14H14N4O2. The van der Waals surface area contributed by atoms with Gasteiger partial charge < -0.3 is 5.11 Å². The molecule has 2 rings (SSSR count). The standard InChI is InChI=1S/C14H14N4O2/c1-18-14(15-10-16-18)17-13(20)12-8-3-2-6-11(12)7-4-5-9-19/h2-3,6,8,10,19H,5,9H2,1H3,(H,15,16,17,20). The Kier molecular flexibility index (Phi) is 4.47. The van der Waals surface area contributed by atoms with Crippen molar-refractivity contribution in [2.24, 2.45) is 7.05 Å². The fourth-order valence-corrected chi connectivity index (χ4v) is 1.58. The van der Waals surface area contributed by atoms with Crippen molar-refractivity contribution in [1.82, 2.24) is 14.8 Å². The van der Waals surface area contributed by atoms with E-state index in [0.717, 1.165) is 0 Å². The van der Waals surface area contributed by atoms with E-state index in [4.69, 9.17) is 5.11 Å². The molecule has 0 radical (unpaired) electrons. The van der Waals surface area contributed by atoms with Gasteiger partial charge in [0, 0.05) is 19.0 Å². The first-order valence-corrected chi connectivity index (χ1v) is 6.06. The molecule has 20 heavy (non-hydrogen) atoms. The summed E-state index contributed by atoms with van der Waals surface area (Å²) in [5, 5.41) is 15.3. The van der Waals surface area contributed by atoms with Crippen LogP contribution < -0.4 is 5.32 Å². The van der Waals surface area contributed by atoms with Gasteiger partial charge in [-0.25, -0.2) is 4.68 Å². The zero-order valence-corrected chi connectivity index (χ0v) is 11.0. The minimum Gasteiger partial charge on any atom is -0.395 e. The Bertz CT molecular complexity index is 667. The first kappa shape index (κ1) is 13.8. The maximum atomic E-state index is 12.2. The van der Waals surface area contributed by atoms with Crippen molar-refractivity contribution in [3.05, 3.63) is 41.7 Å². The van der Waals surface area contributed by atoms with Crippen LogP contribution in [0.2, 0.25) is 0 Å². The third-order valence-corrected chi connectivity index (χ3v) is 2.57. The normalized spacial score (nSPS) is 9.70. The topological polar surface area (TPSA) is 80.0 Å². The zero-order valence-electron chi connectivity index (χ0n) is 11.0. The van der Waals surface area contributed by atoms with Gasteiger partial charge in [0.2, 0.25) is 5.95 Å². The quantitative estimate of drug-likeness (QED) is 0.808. The van der Waals surface area contributed by atoms with Gasteiger partial charge in [-0.15, -0.1) is 0 Å². The molecule has 0 aliphatic carbocycles. The fraction of sp³-hybridized carbons (Fsp3) is 0.214. The van der Waals surface area contributed by atoms with Crippen molar-refractivity contribution in [2.45, 2.75) is 6.42 Å². The average molecular weight is 270 g/mol. The number of aliphatic hydroxyl groups is 1. The second kappa shape index (κ2) is 6.50. The molecule has 1 aromatic heterocycles. The predicted octanol–water partition coefficient (Wildman–Crippen LogP) is 0.801. The lowest BCUT2D eigenvalue weighted by Crippen LogP contribution is -2.16. The summed E-state index contributed by atoms with van der Waals surface area (Å²) in [5.41, 5.74) is 1.07. The van der Waals surface area contributed by atoms with Crippen LogP contribution in [0.25, 0.3) is 0 Å². The van der Waals surface area contributed by atoms with Gasteiger partial charge >= 0.3 is 0 Å². The van der Waals surface area contributed by atoms with Crippen molar-refractivity contribution in [3.8, 4) is 11.8 Å². The Morgan fingerprint density at radius 2 is 2.25 bits per heavy atom. The number of carbonyl (C=O) groups is 1. The number of amides is 1. The van der Waals surface area contributed by atoms with Crippen LogP contribution in [0.5, 0.6) is 0 Å². The molecule has 0 aliphatic heterocycles. The molecule has 0 spiro atoms.